The number of aromatic nitrogens is 1. The molecule has 128 valence electrons. The van der Waals surface area contributed by atoms with Crippen LogP contribution < -0.4 is 9.47 Å². The standard InChI is InChI=1S/C18H15BrN2O4/c19-12-4-5-16(21-8-12)25-15-10-23-17-14(9-22-18(15)17)24-13-3-1-2-11(6-13)7-20/h1-6,8,14-15,17-18H,9-10H2/t14-,15+,17+,18+/m0/s1. The van der Waals surface area contributed by atoms with Crippen LogP contribution in [0.15, 0.2) is 47.1 Å². The van der Waals surface area contributed by atoms with Crippen LogP contribution in [0, 0.1) is 11.3 Å². The molecule has 2 aromatic rings. The molecule has 0 bridgehead atoms. The molecule has 0 spiro atoms. The molecule has 0 radical (unpaired) electrons. The second-order valence-corrected chi connectivity index (χ2v) is 6.78. The fourth-order valence-corrected chi connectivity index (χ4v) is 3.27. The van der Waals surface area contributed by atoms with Crippen LogP contribution in [-0.2, 0) is 9.47 Å². The van der Waals surface area contributed by atoms with Crippen molar-refractivity contribution >= 4 is 15.9 Å². The average molecular weight is 403 g/mol. The van der Waals surface area contributed by atoms with Crippen LogP contribution >= 0.6 is 15.9 Å². The van der Waals surface area contributed by atoms with Crippen molar-refractivity contribution in [3.63, 3.8) is 0 Å². The maximum absolute atomic E-state index is 8.98. The van der Waals surface area contributed by atoms with E-state index in [0.29, 0.717) is 30.4 Å². The summed E-state index contributed by atoms with van der Waals surface area (Å²) in [5.41, 5.74) is 0.558. The Morgan fingerprint density at radius 2 is 1.84 bits per heavy atom. The van der Waals surface area contributed by atoms with E-state index < -0.39 is 0 Å². The van der Waals surface area contributed by atoms with Gasteiger partial charge in [-0.2, -0.15) is 5.26 Å². The molecule has 0 unspecified atom stereocenters. The molecule has 4 atom stereocenters. The van der Waals surface area contributed by atoms with E-state index in [9.17, 15) is 0 Å². The molecule has 0 amide bonds. The zero-order valence-corrected chi connectivity index (χ0v) is 14.8. The first-order chi connectivity index (χ1) is 12.2. The summed E-state index contributed by atoms with van der Waals surface area (Å²) >= 11 is 3.35. The van der Waals surface area contributed by atoms with Crippen LogP contribution in [0.1, 0.15) is 5.56 Å². The first-order valence-corrected chi connectivity index (χ1v) is 8.70. The molecule has 6 nitrogen and oxygen atoms in total. The predicted molar refractivity (Wildman–Crippen MR) is 91.4 cm³/mol. The highest BCUT2D eigenvalue weighted by molar-refractivity contribution is 9.10. The Kier molecular flexibility index (Phi) is 4.57. The fraction of sp³-hybridized carbons (Fsp3) is 0.333. The lowest BCUT2D eigenvalue weighted by Gasteiger charge is -2.18. The number of fused-ring (bicyclic) bond motifs is 1. The minimum Gasteiger partial charge on any atom is -0.485 e. The van der Waals surface area contributed by atoms with Gasteiger partial charge in [0.1, 0.15) is 18.0 Å². The van der Waals surface area contributed by atoms with Gasteiger partial charge in [0.25, 0.3) is 0 Å². The summed E-state index contributed by atoms with van der Waals surface area (Å²) in [4.78, 5) is 4.22. The lowest BCUT2D eigenvalue weighted by Crippen LogP contribution is -2.36. The third kappa shape index (κ3) is 3.47. The smallest absolute Gasteiger partial charge is 0.213 e. The minimum absolute atomic E-state index is 0.199. The molecule has 2 aliphatic rings. The van der Waals surface area contributed by atoms with Gasteiger partial charge in [-0.15, -0.1) is 0 Å². The van der Waals surface area contributed by atoms with Crippen molar-refractivity contribution in [3.8, 4) is 17.7 Å². The van der Waals surface area contributed by atoms with E-state index in [2.05, 4.69) is 27.0 Å². The van der Waals surface area contributed by atoms with Gasteiger partial charge in [0.05, 0.1) is 24.8 Å². The van der Waals surface area contributed by atoms with E-state index in [-0.39, 0.29) is 24.4 Å². The van der Waals surface area contributed by atoms with Gasteiger partial charge < -0.3 is 18.9 Å². The molecule has 2 aliphatic heterocycles. The van der Waals surface area contributed by atoms with E-state index in [1.165, 1.54) is 0 Å². The molecule has 0 saturated carbocycles. The van der Waals surface area contributed by atoms with Gasteiger partial charge in [0.15, 0.2) is 12.2 Å². The highest BCUT2D eigenvalue weighted by atomic mass is 79.9. The Labute approximate surface area is 153 Å². The van der Waals surface area contributed by atoms with Gasteiger partial charge in [-0.05, 0) is 40.2 Å². The maximum atomic E-state index is 8.98. The maximum Gasteiger partial charge on any atom is 0.213 e. The van der Waals surface area contributed by atoms with Crippen molar-refractivity contribution < 1.29 is 18.9 Å². The van der Waals surface area contributed by atoms with Gasteiger partial charge in [0, 0.05) is 16.7 Å². The summed E-state index contributed by atoms with van der Waals surface area (Å²) in [5, 5.41) is 8.98. The number of benzene rings is 1. The normalized spacial score (nSPS) is 27.5. The summed E-state index contributed by atoms with van der Waals surface area (Å²) in [7, 11) is 0. The van der Waals surface area contributed by atoms with Gasteiger partial charge in [-0.3, -0.25) is 0 Å². The van der Waals surface area contributed by atoms with Gasteiger partial charge >= 0.3 is 0 Å². The van der Waals surface area contributed by atoms with Crippen LogP contribution in [-0.4, -0.2) is 42.6 Å². The molecule has 1 aromatic heterocycles. The monoisotopic (exact) mass is 402 g/mol. The number of halogens is 1. The van der Waals surface area contributed by atoms with E-state index in [4.69, 9.17) is 24.2 Å². The van der Waals surface area contributed by atoms with Crippen LogP contribution in [0.2, 0.25) is 0 Å². The van der Waals surface area contributed by atoms with E-state index in [1.807, 2.05) is 12.1 Å². The van der Waals surface area contributed by atoms with E-state index >= 15 is 0 Å². The lowest BCUT2D eigenvalue weighted by molar-refractivity contribution is 0.0168. The molecule has 0 N–H and O–H groups in total. The van der Waals surface area contributed by atoms with Crippen molar-refractivity contribution in [2.45, 2.75) is 24.4 Å². The number of ether oxygens (including phenoxy) is 4. The van der Waals surface area contributed by atoms with Crippen LogP contribution in [0.25, 0.3) is 0 Å². The first-order valence-electron chi connectivity index (χ1n) is 7.91. The third-order valence-corrected chi connectivity index (χ3v) is 4.65. The topological polar surface area (TPSA) is 73.6 Å². The van der Waals surface area contributed by atoms with Crippen LogP contribution in [0.3, 0.4) is 0 Å². The van der Waals surface area contributed by atoms with Crippen molar-refractivity contribution in [2.24, 2.45) is 0 Å². The molecule has 25 heavy (non-hydrogen) atoms. The van der Waals surface area contributed by atoms with E-state index in [1.54, 1.807) is 30.5 Å². The summed E-state index contributed by atoms with van der Waals surface area (Å²) in [5.74, 6) is 1.17. The number of hydrogen-bond donors (Lipinski definition) is 0. The van der Waals surface area contributed by atoms with Crippen molar-refractivity contribution in [1.82, 2.24) is 4.98 Å². The van der Waals surface area contributed by atoms with E-state index in [0.717, 1.165) is 4.47 Å². The minimum atomic E-state index is -0.231. The number of nitrogens with zero attached hydrogens (tertiary/aromatic N) is 2. The largest absolute Gasteiger partial charge is 0.485 e. The predicted octanol–water partition coefficient (Wildman–Crippen LogP) is 2.71. The van der Waals surface area contributed by atoms with Crippen molar-refractivity contribution in [2.75, 3.05) is 13.2 Å². The molecule has 3 heterocycles. The Balaban J connectivity index is 1.41. The van der Waals surface area contributed by atoms with Gasteiger partial charge in [-0.25, -0.2) is 4.98 Å². The molecular formula is C18H15BrN2O4. The molecule has 4 rings (SSSR count). The van der Waals surface area contributed by atoms with Crippen LogP contribution in [0.4, 0.5) is 0 Å². The highest BCUT2D eigenvalue weighted by Crippen LogP contribution is 2.32. The zero-order chi connectivity index (χ0) is 17.2. The van der Waals surface area contributed by atoms with Gasteiger partial charge in [0.2, 0.25) is 5.88 Å². The molecule has 7 heteroatoms. The Morgan fingerprint density at radius 3 is 2.52 bits per heavy atom. The zero-order valence-electron chi connectivity index (χ0n) is 13.2. The Bertz CT molecular complexity index is 792. The number of pyridine rings is 1. The Hall–Kier alpha value is -2.14. The highest BCUT2D eigenvalue weighted by Gasteiger charge is 2.50. The number of hydrogen-bond acceptors (Lipinski definition) is 6. The molecule has 0 aliphatic carbocycles. The van der Waals surface area contributed by atoms with Crippen molar-refractivity contribution in [3.05, 3.63) is 52.6 Å². The number of rotatable bonds is 4. The quantitative estimate of drug-likeness (QED) is 0.782. The number of nitriles is 1. The second-order valence-electron chi connectivity index (χ2n) is 5.86. The summed E-state index contributed by atoms with van der Waals surface area (Å²) in [6.07, 6.45) is 0.829. The van der Waals surface area contributed by atoms with Crippen molar-refractivity contribution in [1.29, 1.82) is 5.26 Å². The summed E-state index contributed by atoms with van der Waals surface area (Å²) < 4.78 is 24.5. The van der Waals surface area contributed by atoms with Crippen LogP contribution in [0.5, 0.6) is 11.6 Å². The molecule has 1 aromatic carbocycles. The first kappa shape index (κ1) is 16.3. The lowest BCUT2D eigenvalue weighted by atomic mass is 10.1. The Morgan fingerprint density at radius 1 is 1.08 bits per heavy atom. The SMILES string of the molecule is N#Cc1cccc(O[C@H]2CO[C@H]3[C@@H]2OC[C@H]3Oc2ccc(Br)cn2)c1. The molecule has 2 fully saturated rings. The summed E-state index contributed by atoms with van der Waals surface area (Å²) in [6.45, 7) is 0.838. The van der Waals surface area contributed by atoms with Gasteiger partial charge in [-0.1, -0.05) is 6.07 Å². The fourth-order valence-electron chi connectivity index (χ4n) is 3.03. The molecular weight excluding hydrogens is 388 g/mol. The summed E-state index contributed by atoms with van der Waals surface area (Å²) in [6, 6.07) is 12.8. The third-order valence-electron chi connectivity index (χ3n) is 4.19. The second kappa shape index (κ2) is 7.00. The molecule has 2 saturated heterocycles. The average Bonchev–Trinajstić information content (AvgIpc) is 3.21.